The number of amides is 1. The number of carbonyl (C=O) groups is 1. The van der Waals surface area contributed by atoms with E-state index in [-0.39, 0.29) is 35.3 Å². The van der Waals surface area contributed by atoms with E-state index >= 15 is 0 Å². The zero-order chi connectivity index (χ0) is 20.6. The fourth-order valence-electron chi connectivity index (χ4n) is 3.03. The highest BCUT2D eigenvalue weighted by Gasteiger charge is 2.21. The SMILES string of the molecule is CC(N)c1nc2c(F)ccc(CCC(N)=O)c2c(=O)n1-c1cc(F)cc(F)c1. The first kappa shape index (κ1) is 19.6. The molecule has 146 valence electrons. The highest BCUT2D eigenvalue weighted by molar-refractivity contribution is 5.83. The van der Waals surface area contributed by atoms with Gasteiger partial charge in [-0.1, -0.05) is 6.07 Å². The topological polar surface area (TPSA) is 104 Å². The second kappa shape index (κ2) is 7.43. The lowest BCUT2D eigenvalue weighted by molar-refractivity contribution is -0.117. The molecule has 1 atom stereocenters. The zero-order valence-corrected chi connectivity index (χ0v) is 14.9. The zero-order valence-electron chi connectivity index (χ0n) is 14.9. The summed E-state index contributed by atoms with van der Waals surface area (Å²) in [6.45, 7) is 1.51. The van der Waals surface area contributed by atoms with Gasteiger partial charge in [-0.3, -0.25) is 14.2 Å². The Morgan fingerprint density at radius 2 is 1.82 bits per heavy atom. The Labute approximate surface area is 157 Å². The van der Waals surface area contributed by atoms with Crippen molar-refractivity contribution in [2.75, 3.05) is 0 Å². The van der Waals surface area contributed by atoms with Crippen LogP contribution in [-0.4, -0.2) is 15.5 Å². The molecule has 3 rings (SSSR count). The van der Waals surface area contributed by atoms with Gasteiger partial charge in [-0.05, 0) is 37.1 Å². The monoisotopic (exact) mass is 390 g/mol. The van der Waals surface area contributed by atoms with Crippen LogP contribution in [0.2, 0.25) is 0 Å². The summed E-state index contributed by atoms with van der Waals surface area (Å²) >= 11 is 0. The maximum absolute atomic E-state index is 14.4. The van der Waals surface area contributed by atoms with E-state index in [4.69, 9.17) is 11.5 Å². The number of primary amides is 1. The molecule has 0 saturated carbocycles. The molecule has 0 radical (unpaired) electrons. The molecule has 28 heavy (non-hydrogen) atoms. The number of rotatable bonds is 5. The van der Waals surface area contributed by atoms with Gasteiger partial charge in [-0.25, -0.2) is 18.2 Å². The minimum absolute atomic E-state index is 0.0616. The van der Waals surface area contributed by atoms with Crippen LogP contribution in [0.4, 0.5) is 13.2 Å². The molecule has 6 nitrogen and oxygen atoms in total. The van der Waals surface area contributed by atoms with E-state index < -0.39 is 35.0 Å². The van der Waals surface area contributed by atoms with Gasteiger partial charge in [-0.2, -0.15) is 0 Å². The van der Waals surface area contributed by atoms with Gasteiger partial charge in [0.25, 0.3) is 5.56 Å². The van der Waals surface area contributed by atoms with E-state index in [1.807, 2.05) is 0 Å². The molecule has 3 aromatic rings. The number of hydrogen-bond acceptors (Lipinski definition) is 4. The summed E-state index contributed by atoms with van der Waals surface area (Å²) in [7, 11) is 0. The molecule has 0 saturated heterocycles. The number of nitrogens with two attached hydrogens (primary N) is 2. The Bertz CT molecular complexity index is 1120. The van der Waals surface area contributed by atoms with E-state index in [1.165, 1.54) is 13.0 Å². The molecule has 1 amide bonds. The highest BCUT2D eigenvalue weighted by Crippen LogP contribution is 2.23. The fourth-order valence-corrected chi connectivity index (χ4v) is 3.03. The van der Waals surface area contributed by atoms with Crippen LogP contribution in [0.1, 0.15) is 30.8 Å². The maximum Gasteiger partial charge on any atom is 0.266 e. The molecule has 1 aromatic heterocycles. The first-order valence-electron chi connectivity index (χ1n) is 8.43. The summed E-state index contributed by atoms with van der Waals surface area (Å²) in [5.41, 5.74) is 10.3. The molecule has 0 fully saturated rings. The van der Waals surface area contributed by atoms with Crippen molar-refractivity contribution in [2.24, 2.45) is 11.5 Å². The van der Waals surface area contributed by atoms with Crippen molar-refractivity contribution < 1.29 is 18.0 Å². The Balaban J connectivity index is 2.41. The molecule has 0 aliphatic heterocycles. The normalized spacial score (nSPS) is 12.3. The fraction of sp³-hybridized carbons (Fsp3) is 0.211. The molecule has 1 unspecified atom stereocenters. The maximum atomic E-state index is 14.4. The van der Waals surface area contributed by atoms with Gasteiger partial charge in [0.2, 0.25) is 5.91 Å². The summed E-state index contributed by atoms with van der Waals surface area (Å²) in [5.74, 6) is -3.20. The number of aromatic nitrogens is 2. The minimum atomic E-state index is -0.897. The minimum Gasteiger partial charge on any atom is -0.370 e. The van der Waals surface area contributed by atoms with Crippen molar-refractivity contribution in [3.63, 3.8) is 0 Å². The van der Waals surface area contributed by atoms with Crippen molar-refractivity contribution in [3.8, 4) is 5.69 Å². The van der Waals surface area contributed by atoms with Crippen LogP contribution in [0.3, 0.4) is 0 Å². The summed E-state index contributed by atoms with van der Waals surface area (Å²) < 4.78 is 42.8. The molecular formula is C19H17F3N4O2. The molecule has 1 heterocycles. The number of nitrogens with zero attached hydrogens (tertiary/aromatic N) is 2. The van der Waals surface area contributed by atoms with Gasteiger partial charge >= 0.3 is 0 Å². The quantitative estimate of drug-likeness (QED) is 0.697. The summed E-state index contributed by atoms with van der Waals surface area (Å²) in [6.07, 6.45) is 0.0158. The highest BCUT2D eigenvalue weighted by atomic mass is 19.1. The standard InChI is InChI=1S/C19H17F3N4O2/c1-9(23)18-25-17-14(22)4-2-10(3-5-15(24)27)16(17)19(28)26(18)13-7-11(20)6-12(21)8-13/h2,4,6-9H,3,5,23H2,1H3,(H2,24,27). The van der Waals surface area contributed by atoms with Gasteiger partial charge in [-0.15, -0.1) is 0 Å². The van der Waals surface area contributed by atoms with Crippen molar-refractivity contribution >= 4 is 16.8 Å². The van der Waals surface area contributed by atoms with Crippen molar-refractivity contribution in [2.45, 2.75) is 25.8 Å². The Hall–Kier alpha value is -3.20. The molecule has 4 N–H and O–H groups in total. The van der Waals surface area contributed by atoms with Crippen LogP contribution in [0.15, 0.2) is 35.1 Å². The molecule has 9 heteroatoms. The first-order valence-corrected chi connectivity index (χ1v) is 8.43. The van der Waals surface area contributed by atoms with Crippen molar-refractivity contribution in [1.29, 1.82) is 0 Å². The number of hydrogen-bond donors (Lipinski definition) is 2. The van der Waals surface area contributed by atoms with Crippen LogP contribution in [0.5, 0.6) is 0 Å². The predicted octanol–water partition coefficient (Wildman–Crippen LogP) is 2.24. The molecular weight excluding hydrogens is 373 g/mol. The molecule has 0 aliphatic rings. The number of halogens is 3. The van der Waals surface area contributed by atoms with Crippen LogP contribution in [0.25, 0.3) is 16.6 Å². The Morgan fingerprint density at radius 3 is 2.39 bits per heavy atom. The van der Waals surface area contributed by atoms with Crippen molar-refractivity contribution in [1.82, 2.24) is 9.55 Å². The van der Waals surface area contributed by atoms with E-state index in [1.54, 1.807) is 0 Å². The predicted molar refractivity (Wildman–Crippen MR) is 97.3 cm³/mol. The largest absolute Gasteiger partial charge is 0.370 e. The molecule has 0 bridgehead atoms. The second-order valence-corrected chi connectivity index (χ2v) is 6.42. The third-order valence-corrected chi connectivity index (χ3v) is 4.24. The average Bonchev–Trinajstić information content (AvgIpc) is 2.60. The van der Waals surface area contributed by atoms with Crippen molar-refractivity contribution in [3.05, 3.63) is 69.5 Å². The third kappa shape index (κ3) is 3.61. The van der Waals surface area contributed by atoms with E-state index in [0.29, 0.717) is 11.6 Å². The van der Waals surface area contributed by atoms with Gasteiger partial charge in [0, 0.05) is 12.5 Å². The number of aryl methyl sites for hydroxylation is 1. The van der Waals surface area contributed by atoms with Crippen LogP contribution in [0, 0.1) is 17.5 Å². The Kier molecular flexibility index (Phi) is 5.19. The van der Waals surface area contributed by atoms with Crippen LogP contribution < -0.4 is 17.0 Å². The molecule has 0 aliphatic carbocycles. The molecule has 0 spiro atoms. The first-order chi connectivity index (χ1) is 13.2. The number of benzene rings is 2. The van der Waals surface area contributed by atoms with Gasteiger partial charge < -0.3 is 11.5 Å². The van der Waals surface area contributed by atoms with E-state index in [0.717, 1.165) is 22.8 Å². The Morgan fingerprint density at radius 1 is 1.18 bits per heavy atom. The number of carbonyl (C=O) groups excluding carboxylic acids is 1. The van der Waals surface area contributed by atoms with Gasteiger partial charge in [0.05, 0.1) is 17.1 Å². The smallest absolute Gasteiger partial charge is 0.266 e. The average molecular weight is 390 g/mol. The summed E-state index contributed by atoms with van der Waals surface area (Å²) in [6, 6.07) is 4.20. The van der Waals surface area contributed by atoms with E-state index in [2.05, 4.69) is 4.98 Å². The van der Waals surface area contributed by atoms with Crippen LogP contribution in [-0.2, 0) is 11.2 Å². The van der Waals surface area contributed by atoms with E-state index in [9.17, 15) is 22.8 Å². The summed E-state index contributed by atoms with van der Waals surface area (Å²) in [5, 5.41) is -0.102. The summed E-state index contributed by atoms with van der Waals surface area (Å²) in [4.78, 5) is 28.5. The molecule has 2 aromatic carbocycles. The van der Waals surface area contributed by atoms with Gasteiger partial charge in [0.15, 0.2) is 0 Å². The lowest BCUT2D eigenvalue weighted by atomic mass is 10.0. The third-order valence-electron chi connectivity index (χ3n) is 4.24. The van der Waals surface area contributed by atoms with Gasteiger partial charge in [0.1, 0.15) is 28.8 Å². The second-order valence-electron chi connectivity index (χ2n) is 6.42. The lowest BCUT2D eigenvalue weighted by Crippen LogP contribution is -2.28. The number of fused-ring (bicyclic) bond motifs is 1. The van der Waals surface area contributed by atoms with Crippen LogP contribution >= 0.6 is 0 Å². The lowest BCUT2D eigenvalue weighted by Gasteiger charge is -2.17.